The lowest BCUT2D eigenvalue weighted by Gasteiger charge is -2.13. The molecule has 0 aliphatic carbocycles. The van der Waals surface area contributed by atoms with Crippen LogP contribution < -0.4 is 20.7 Å². The number of aryl methyl sites for hydroxylation is 3. The molecule has 1 heterocycles. The number of ether oxygens (including phenoxy) is 1. The molecule has 9 heteroatoms. The van der Waals surface area contributed by atoms with Crippen molar-refractivity contribution in [2.24, 2.45) is 0 Å². The third kappa shape index (κ3) is 4.56. The van der Waals surface area contributed by atoms with Gasteiger partial charge in [0.2, 0.25) is 5.88 Å². The Bertz CT molecular complexity index is 1080. The summed E-state index contributed by atoms with van der Waals surface area (Å²) in [6.07, 6.45) is 1.23. The molecule has 0 aliphatic heterocycles. The van der Waals surface area contributed by atoms with E-state index in [4.69, 9.17) is 10.5 Å². The van der Waals surface area contributed by atoms with Crippen LogP contribution in [0.25, 0.3) is 0 Å². The largest absolute Gasteiger partial charge is 0.437 e. The lowest BCUT2D eigenvalue weighted by molar-refractivity contribution is 0.463. The standard InChI is InChI=1S/C19H21N5O3S/c1-12-4-6-16(7-5-12)28(25,26)24-23-18-17(20)19(22-11-21-18)27-15-9-13(2)8-14(3)10-15/h4-11,24H,20H2,1-3H3,(H,21,22,23). The monoisotopic (exact) mass is 399 g/mol. The SMILES string of the molecule is Cc1ccc(S(=O)(=O)NNc2ncnc(Oc3cc(C)cc(C)c3)c2N)cc1. The van der Waals surface area contributed by atoms with Gasteiger partial charge in [0.05, 0.1) is 4.90 Å². The maximum absolute atomic E-state index is 12.4. The average molecular weight is 399 g/mol. The van der Waals surface area contributed by atoms with Crippen molar-refractivity contribution < 1.29 is 13.2 Å². The molecule has 0 saturated heterocycles. The Morgan fingerprint density at radius 2 is 1.57 bits per heavy atom. The number of hydrogen-bond donors (Lipinski definition) is 3. The number of sulfonamides is 1. The van der Waals surface area contributed by atoms with Crippen LogP contribution in [0, 0.1) is 20.8 Å². The number of benzene rings is 2. The Kier molecular flexibility index (Phi) is 5.48. The van der Waals surface area contributed by atoms with Gasteiger partial charge in [-0.15, -0.1) is 4.83 Å². The van der Waals surface area contributed by atoms with E-state index in [1.54, 1.807) is 12.1 Å². The number of hydrazine groups is 1. The number of hydrogen-bond acceptors (Lipinski definition) is 7. The van der Waals surface area contributed by atoms with Crippen molar-refractivity contribution in [1.82, 2.24) is 14.8 Å². The van der Waals surface area contributed by atoms with Crippen molar-refractivity contribution in [3.8, 4) is 11.6 Å². The number of aromatic nitrogens is 2. The van der Waals surface area contributed by atoms with Crippen LogP contribution in [0.4, 0.5) is 11.5 Å². The zero-order chi connectivity index (χ0) is 20.3. The topological polar surface area (TPSA) is 119 Å². The van der Waals surface area contributed by atoms with Crippen LogP contribution in [0.3, 0.4) is 0 Å². The van der Waals surface area contributed by atoms with Gasteiger partial charge in [0.15, 0.2) is 5.82 Å². The van der Waals surface area contributed by atoms with E-state index in [0.717, 1.165) is 16.7 Å². The second kappa shape index (κ2) is 7.83. The predicted octanol–water partition coefficient (Wildman–Crippen LogP) is 3.08. The van der Waals surface area contributed by atoms with Gasteiger partial charge in [-0.1, -0.05) is 23.8 Å². The number of nitrogens with zero attached hydrogens (tertiary/aromatic N) is 2. The number of nitrogens with two attached hydrogens (primary N) is 1. The zero-order valence-corrected chi connectivity index (χ0v) is 16.5. The molecule has 2 aromatic carbocycles. The van der Waals surface area contributed by atoms with Gasteiger partial charge in [-0.05, 0) is 56.2 Å². The number of nitrogens with one attached hydrogen (secondary N) is 2. The van der Waals surface area contributed by atoms with E-state index in [1.807, 2.05) is 39.0 Å². The fourth-order valence-electron chi connectivity index (χ4n) is 2.56. The fraction of sp³-hybridized carbons (Fsp3) is 0.158. The smallest absolute Gasteiger partial charge is 0.257 e. The minimum absolute atomic E-state index is 0.0771. The van der Waals surface area contributed by atoms with E-state index in [2.05, 4.69) is 20.2 Å². The summed E-state index contributed by atoms with van der Waals surface area (Å²) in [4.78, 5) is 10.4. The molecule has 4 N–H and O–H groups in total. The molecule has 0 spiro atoms. The summed E-state index contributed by atoms with van der Waals surface area (Å²) in [6, 6.07) is 12.2. The lowest BCUT2D eigenvalue weighted by Crippen LogP contribution is -2.30. The van der Waals surface area contributed by atoms with Crippen molar-refractivity contribution in [3.63, 3.8) is 0 Å². The third-order valence-corrected chi connectivity index (χ3v) is 5.16. The van der Waals surface area contributed by atoms with Crippen LogP contribution in [0.2, 0.25) is 0 Å². The van der Waals surface area contributed by atoms with Crippen LogP contribution in [0.15, 0.2) is 53.7 Å². The summed E-state index contributed by atoms with van der Waals surface area (Å²) in [5, 5.41) is 0. The Morgan fingerprint density at radius 1 is 0.929 bits per heavy atom. The van der Waals surface area contributed by atoms with Crippen LogP contribution in [-0.4, -0.2) is 18.4 Å². The van der Waals surface area contributed by atoms with Crippen molar-refractivity contribution >= 4 is 21.5 Å². The maximum Gasteiger partial charge on any atom is 0.257 e. The first-order valence-corrected chi connectivity index (χ1v) is 9.94. The summed E-state index contributed by atoms with van der Waals surface area (Å²) in [7, 11) is -3.79. The quantitative estimate of drug-likeness (QED) is 0.545. The second-order valence-electron chi connectivity index (χ2n) is 6.41. The first-order chi connectivity index (χ1) is 13.2. The molecule has 3 rings (SSSR count). The number of anilines is 2. The highest BCUT2D eigenvalue weighted by atomic mass is 32.2. The van der Waals surface area contributed by atoms with Gasteiger partial charge in [-0.25, -0.2) is 13.4 Å². The van der Waals surface area contributed by atoms with Gasteiger partial charge < -0.3 is 10.5 Å². The van der Waals surface area contributed by atoms with E-state index in [0.29, 0.717) is 5.75 Å². The van der Waals surface area contributed by atoms with Crippen molar-refractivity contribution in [1.29, 1.82) is 0 Å². The molecule has 0 bridgehead atoms. The van der Waals surface area contributed by atoms with Crippen molar-refractivity contribution in [2.75, 3.05) is 11.2 Å². The van der Waals surface area contributed by atoms with E-state index in [1.165, 1.54) is 18.5 Å². The molecule has 0 radical (unpaired) electrons. The summed E-state index contributed by atoms with van der Waals surface area (Å²) >= 11 is 0. The Balaban J connectivity index is 1.78. The molecule has 1 aromatic heterocycles. The van der Waals surface area contributed by atoms with E-state index in [9.17, 15) is 8.42 Å². The highest BCUT2D eigenvalue weighted by Crippen LogP contribution is 2.30. The Hall–Kier alpha value is -3.17. The zero-order valence-electron chi connectivity index (χ0n) is 15.7. The van der Waals surface area contributed by atoms with Gasteiger partial charge in [-0.3, -0.25) is 5.43 Å². The van der Waals surface area contributed by atoms with Gasteiger partial charge >= 0.3 is 0 Å². The molecule has 146 valence electrons. The molecule has 0 saturated carbocycles. The van der Waals surface area contributed by atoms with Crippen LogP contribution in [0.1, 0.15) is 16.7 Å². The van der Waals surface area contributed by atoms with Gasteiger partial charge in [0, 0.05) is 0 Å². The van der Waals surface area contributed by atoms with E-state index < -0.39 is 10.0 Å². The normalized spacial score (nSPS) is 11.2. The Morgan fingerprint density at radius 3 is 2.21 bits per heavy atom. The molecule has 0 amide bonds. The number of nitrogen functional groups attached to an aromatic ring is 1. The highest BCUT2D eigenvalue weighted by Gasteiger charge is 2.16. The van der Waals surface area contributed by atoms with Crippen LogP contribution in [0.5, 0.6) is 11.6 Å². The average Bonchev–Trinajstić information content (AvgIpc) is 2.62. The van der Waals surface area contributed by atoms with Gasteiger partial charge in [0.1, 0.15) is 17.8 Å². The van der Waals surface area contributed by atoms with Gasteiger partial charge in [0.25, 0.3) is 10.0 Å². The van der Waals surface area contributed by atoms with Crippen LogP contribution in [-0.2, 0) is 10.0 Å². The van der Waals surface area contributed by atoms with Crippen molar-refractivity contribution in [2.45, 2.75) is 25.7 Å². The molecular weight excluding hydrogens is 378 g/mol. The first-order valence-electron chi connectivity index (χ1n) is 8.46. The lowest BCUT2D eigenvalue weighted by atomic mass is 10.1. The summed E-state index contributed by atoms with van der Waals surface area (Å²) in [5.41, 5.74) is 11.7. The van der Waals surface area contributed by atoms with E-state index in [-0.39, 0.29) is 22.3 Å². The molecule has 0 atom stereocenters. The molecule has 0 aliphatic rings. The molecular formula is C19H21N5O3S. The minimum atomic E-state index is -3.79. The highest BCUT2D eigenvalue weighted by molar-refractivity contribution is 7.89. The Labute approximate surface area is 163 Å². The van der Waals surface area contributed by atoms with Crippen LogP contribution >= 0.6 is 0 Å². The first kappa shape index (κ1) is 19.6. The molecule has 8 nitrogen and oxygen atoms in total. The van der Waals surface area contributed by atoms with E-state index >= 15 is 0 Å². The molecule has 0 fully saturated rings. The predicted molar refractivity (Wildman–Crippen MR) is 108 cm³/mol. The summed E-state index contributed by atoms with van der Waals surface area (Å²) < 4.78 is 30.5. The fourth-order valence-corrected chi connectivity index (χ4v) is 3.40. The summed E-state index contributed by atoms with van der Waals surface area (Å²) in [5.74, 6) is 0.788. The second-order valence-corrected chi connectivity index (χ2v) is 8.09. The number of rotatable bonds is 6. The molecule has 0 unspecified atom stereocenters. The molecule has 3 aromatic rings. The maximum atomic E-state index is 12.4. The molecule has 28 heavy (non-hydrogen) atoms. The van der Waals surface area contributed by atoms with Crippen molar-refractivity contribution in [3.05, 3.63) is 65.5 Å². The summed E-state index contributed by atoms with van der Waals surface area (Å²) in [6.45, 7) is 5.78. The van der Waals surface area contributed by atoms with Gasteiger partial charge in [-0.2, -0.15) is 4.98 Å². The third-order valence-electron chi connectivity index (χ3n) is 3.89. The minimum Gasteiger partial charge on any atom is -0.437 e.